The maximum Gasteiger partial charge on any atom is 0.0793 e. The lowest BCUT2D eigenvalue weighted by Crippen LogP contribution is -2.48. The minimum absolute atomic E-state index is 0.159. The molecule has 3 aliphatic rings. The van der Waals surface area contributed by atoms with Crippen molar-refractivity contribution in [1.29, 1.82) is 0 Å². The van der Waals surface area contributed by atoms with Gasteiger partial charge in [0.05, 0.1) is 6.10 Å². The standard InChI is InChI=1S/C28H59N7O/c1-24-21-28(2,3)32-12-6-18-34(17-5-11-31-24)22-27(36)23-35-19-15-29-13-9-25-7-4-8-26(33-25)10-14-30-16-20-35/h24-27,29-33,36H,4-23H2,1-3H3. The molecule has 3 heterocycles. The van der Waals surface area contributed by atoms with Crippen LogP contribution in [-0.2, 0) is 0 Å². The van der Waals surface area contributed by atoms with Crippen LogP contribution < -0.4 is 26.6 Å². The Kier molecular flexibility index (Phi) is 13.9. The van der Waals surface area contributed by atoms with E-state index in [0.29, 0.717) is 18.1 Å². The highest BCUT2D eigenvalue weighted by atomic mass is 16.3. The van der Waals surface area contributed by atoms with Crippen LogP contribution in [0.1, 0.15) is 72.1 Å². The minimum atomic E-state index is -0.309. The molecule has 8 nitrogen and oxygen atoms in total. The van der Waals surface area contributed by atoms with Gasteiger partial charge in [-0.2, -0.15) is 0 Å². The zero-order chi connectivity index (χ0) is 25.6. The van der Waals surface area contributed by atoms with Gasteiger partial charge in [-0.05, 0) is 105 Å². The highest BCUT2D eigenvalue weighted by Crippen LogP contribution is 2.17. The Morgan fingerprint density at radius 3 is 1.97 bits per heavy atom. The van der Waals surface area contributed by atoms with E-state index < -0.39 is 0 Å². The number of aliphatic hydroxyl groups excluding tert-OH is 1. The first-order valence-corrected chi connectivity index (χ1v) is 15.2. The topological polar surface area (TPSA) is 86.9 Å². The number of fused-ring (bicyclic) bond motifs is 2. The van der Waals surface area contributed by atoms with E-state index in [4.69, 9.17) is 0 Å². The molecule has 0 radical (unpaired) electrons. The highest BCUT2D eigenvalue weighted by Gasteiger charge is 2.23. The lowest BCUT2D eigenvalue weighted by Gasteiger charge is -2.33. The van der Waals surface area contributed by atoms with Gasteiger partial charge >= 0.3 is 0 Å². The van der Waals surface area contributed by atoms with Crippen molar-refractivity contribution >= 4 is 0 Å². The Labute approximate surface area is 222 Å². The van der Waals surface area contributed by atoms with Crippen LogP contribution in [-0.4, -0.2) is 123 Å². The van der Waals surface area contributed by atoms with Crippen molar-refractivity contribution in [3.63, 3.8) is 0 Å². The van der Waals surface area contributed by atoms with Crippen LogP contribution in [0.15, 0.2) is 0 Å². The molecule has 0 spiro atoms. The van der Waals surface area contributed by atoms with E-state index in [1.807, 2.05) is 0 Å². The average molecular weight is 510 g/mol. The summed E-state index contributed by atoms with van der Waals surface area (Å²) in [7, 11) is 0. The summed E-state index contributed by atoms with van der Waals surface area (Å²) in [6.07, 6.45) is 9.57. The first-order chi connectivity index (χ1) is 17.4. The molecule has 0 aliphatic carbocycles. The highest BCUT2D eigenvalue weighted by molar-refractivity contribution is 4.84. The van der Waals surface area contributed by atoms with Crippen molar-refractivity contribution in [3.05, 3.63) is 0 Å². The number of aliphatic hydroxyl groups is 1. The van der Waals surface area contributed by atoms with Gasteiger partial charge in [0.25, 0.3) is 0 Å². The molecule has 0 saturated carbocycles. The molecule has 2 bridgehead atoms. The second-order valence-corrected chi connectivity index (χ2v) is 12.4. The summed E-state index contributed by atoms with van der Waals surface area (Å²) in [4.78, 5) is 4.94. The molecule has 0 aromatic rings. The number of hydrogen-bond acceptors (Lipinski definition) is 8. The van der Waals surface area contributed by atoms with E-state index in [-0.39, 0.29) is 11.6 Å². The molecule has 4 unspecified atom stereocenters. The number of nitrogens with one attached hydrogen (secondary N) is 5. The third-order valence-corrected chi connectivity index (χ3v) is 8.28. The van der Waals surface area contributed by atoms with Crippen LogP contribution in [0.3, 0.4) is 0 Å². The lowest BCUT2D eigenvalue weighted by molar-refractivity contribution is 0.0724. The van der Waals surface area contributed by atoms with Crippen LogP contribution in [0.2, 0.25) is 0 Å². The molecule has 212 valence electrons. The Morgan fingerprint density at radius 2 is 1.33 bits per heavy atom. The molecule has 3 aliphatic heterocycles. The van der Waals surface area contributed by atoms with Crippen molar-refractivity contribution in [2.45, 2.75) is 102 Å². The Morgan fingerprint density at radius 1 is 0.750 bits per heavy atom. The molecule has 3 fully saturated rings. The smallest absolute Gasteiger partial charge is 0.0793 e. The minimum Gasteiger partial charge on any atom is -0.390 e. The van der Waals surface area contributed by atoms with Gasteiger partial charge in [-0.3, -0.25) is 4.90 Å². The van der Waals surface area contributed by atoms with E-state index in [1.165, 1.54) is 32.1 Å². The molecule has 3 rings (SSSR count). The lowest BCUT2D eigenvalue weighted by atomic mass is 9.94. The monoisotopic (exact) mass is 509 g/mol. The second kappa shape index (κ2) is 16.6. The normalized spacial score (nSPS) is 32.5. The van der Waals surface area contributed by atoms with Crippen molar-refractivity contribution in [3.8, 4) is 0 Å². The van der Waals surface area contributed by atoms with Crippen LogP contribution in [0.4, 0.5) is 0 Å². The Hall–Kier alpha value is -0.320. The first kappa shape index (κ1) is 30.2. The van der Waals surface area contributed by atoms with Gasteiger partial charge < -0.3 is 36.6 Å². The second-order valence-electron chi connectivity index (χ2n) is 12.4. The fourth-order valence-electron chi connectivity index (χ4n) is 6.38. The molecule has 0 amide bonds. The van der Waals surface area contributed by atoms with Gasteiger partial charge in [-0.25, -0.2) is 0 Å². The van der Waals surface area contributed by atoms with Crippen molar-refractivity contribution < 1.29 is 5.11 Å². The maximum atomic E-state index is 11.1. The zero-order valence-electron chi connectivity index (χ0n) is 23.8. The predicted octanol–water partition coefficient (Wildman–Crippen LogP) is 0.965. The van der Waals surface area contributed by atoms with Crippen LogP contribution >= 0.6 is 0 Å². The SMILES string of the molecule is CC1CC(C)(C)NCCCN(CC(O)CN2CCNCCC3CCCC(CCNCC2)N3)CCCN1. The predicted molar refractivity (Wildman–Crippen MR) is 152 cm³/mol. The summed E-state index contributed by atoms with van der Waals surface area (Å²) < 4.78 is 0. The molecule has 0 aromatic heterocycles. The summed E-state index contributed by atoms with van der Waals surface area (Å²) in [5.74, 6) is 0. The molecular formula is C28H59N7O. The van der Waals surface area contributed by atoms with E-state index in [1.54, 1.807) is 0 Å². The van der Waals surface area contributed by atoms with Gasteiger partial charge in [0.15, 0.2) is 0 Å². The first-order valence-electron chi connectivity index (χ1n) is 15.2. The largest absolute Gasteiger partial charge is 0.390 e. The third kappa shape index (κ3) is 12.5. The number of rotatable bonds is 4. The van der Waals surface area contributed by atoms with E-state index in [2.05, 4.69) is 57.2 Å². The summed E-state index contributed by atoms with van der Waals surface area (Å²) >= 11 is 0. The molecule has 3 saturated heterocycles. The Balaban J connectivity index is 1.44. The molecule has 6 N–H and O–H groups in total. The quantitative estimate of drug-likeness (QED) is 0.334. The number of hydrogen-bond donors (Lipinski definition) is 6. The van der Waals surface area contributed by atoms with E-state index in [9.17, 15) is 5.11 Å². The summed E-state index contributed by atoms with van der Waals surface area (Å²) in [6, 6.07) is 1.88. The van der Waals surface area contributed by atoms with Gasteiger partial charge in [0.1, 0.15) is 0 Å². The Bertz CT molecular complexity index is 558. The van der Waals surface area contributed by atoms with Crippen LogP contribution in [0, 0.1) is 0 Å². The summed E-state index contributed by atoms with van der Waals surface area (Å²) in [5, 5.41) is 29.7. The summed E-state index contributed by atoms with van der Waals surface area (Å²) in [5.41, 5.74) is 0.159. The van der Waals surface area contributed by atoms with Gasteiger partial charge in [0.2, 0.25) is 0 Å². The molecule has 36 heavy (non-hydrogen) atoms. The van der Waals surface area contributed by atoms with Gasteiger partial charge in [-0.15, -0.1) is 0 Å². The van der Waals surface area contributed by atoms with Gasteiger partial charge in [-0.1, -0.05) is 6.42 Å². The zero-order valence-corrected chi connectivity index (χ0v) is 23.8. The van der Waals surface area contributed by atoms with E-state index >= 15 is 0 Å². The van der Waals surface area contributed by atoms with Crippen molar-refractivity contribution in [2.24, 2.45) is 0 Å². The molecule has 8 heteroatoms. The fraction of sp³-hybridized carbons (Fsp3) is 1.00. The molecule has 0 aromatic carbocycles. The summed E-state index contributed by atoms with van der Waals surface area (Å²) in [6.45, 7) is 18.8. The van der Waals surface area contributed by atoms with Crippen LogP contribution in [0.25, 0.3) is 0 Å². The van der Waals surface area contributed by atoms with Crippen molar-refractivity contribution in [1.82, 2.24) is 36.4 Å². The van der Waals surface area contributed by atoms with Gasteiger partial charge in [0, 0.05) is 62.9 Å². The number of piperidine rings is 1. The molecule has 4 atom stereocenters. The van der Waals surface area contributed by atoms with E-state index in [0.717, 1.165) is 97.8 Å². The third-order valence-electron chi connectivity index (χ3n) is 8.28. The average Bonchev–Trinajstić information content (AvgIpc) is 2.82. The maximum absolute atomic E-state index is 11.1. The van der Waals surface area contributed by atoms with Crippen molar-refractivity contribution in [2.75, 3.05) is 78.5 Å². The number of β-amino-alcohol motifs (C(OH)–C–C–N with tert-alkyl or cyclic N) is 1. The van der Waals surface area contributed by atoms with Crippen LogP contribution in [0.5, 0.6) is 0 Å². The number of nitrogens with zero attached hydrogens (tertiary/aromatic N) is 2. The molecular weight excluding hydrogens is 450 g/mol. The fourth-order valence-corrected chi connectivity index (χ4v) is 6.38.